The summed E-state index contributed by atoms with van der Waals surface area (Å²) < 4.78 is 4.90. The summed E-state index contributed by atoms with van der Waals surface area (Å²) in [7, 11) is 0. The van der Waals surface area contributed by atoms with E-state index in [0.717, 1.165) is 5.56 Å². The summed E-state index contributed by atoms with van der Waals surface area (Å²) in [4.78, 5) is 21.8. The van der Waals surface area contributed by atoms with Gasteiger partial charge >= 0.3 is 11.9 Å². The van der Waals surface area contributed by atoms with Crippen LogP contribution in [-0.4, -0.2) is 28.8 Å². The number of esters is 1. The predicted octanol–water partition coefficient (Wildman–Crippen LogP) is 3.16. The van der Waals surface area contributed by atoms with E-state index < -0.39 is 11.9 Å². The van der Waals surface area contributed by atoms with Gasteiger partial charge in [-0.2, -0.15) is 0 Å². The summed E-state index contributed by atoms with van der Waals surface area (Å²) in [6, 6.07) is 6.39. The fourth-order valence-electron chi connectivity index (χ4n) is 1.77. The second kappa shape index (κ2) is 14.3. The molecule has 0 saturated heterocycles. The SMILES string of the molecule is O=C(O)CCC/C=C\CC#CC#CC#CCOC(=O)/C=C/c1ccc(O)cc1. The minimum Gasteiger partial charge on any atom is -0.508 e. The fourth-order valence-corrected chi connectivity index (χ4v) is 1.77. The van der Waals surface area contributed by atoms with Crippen molar-refractivity contribution in [2.75, 3.05) is 6.61 Å². The largest absolute Gasteiger partial charge is 0.508 e. The molecule has 0 unspecified atom stereocenters. The average Bonchev–Trinajstić information content (AvgIpc) is 2.67. The molecule has 5 nitrogen and oxygen atoms in total. The Morgan fingerprint density at radius 3 is 2.43 bits per heavy atom. The Labute approximate surface area is 164 Å². The molecule has 0 fully saturated rings. The first kappa shape index (κ1) is 22.2. The van der Waals surface area contributed by atoms with Gasteiger partial charge in [-0.3, -0.25) is 4.79 Å². The number of carboxylic acids is 1. The number of carbonyl (C=O) groups excluding carboxylic acids is 1. The Hall–Kier alpha value is -3.88. The zero-order chi connectivity index (χ0) is 20.5. The highest BCUT2D eigenvalue weighted by atomic mass is 16.5. The Bertz CT molecular complexity index is 888. The van der Waals surface area contributed by atoms with Crippen LogP contribution < -0.4 is 0 Å². The average molecular weight is 376 g/mol. The molecule has 0 aromatic heterocycles. The number of aromatic hydroxyl groups is 1. The Morgan fingerprint density at radius 1 is 1.00 bits per heavy atom. The Balaban J connectivity index is 2.19. The number of ether oxygens (including phenoxy) is 1. The Kier molecular flexibility index (Phi) is 11.3. The third-order valence-corrected chi connectivity index (χ3v) is 3.10. The number of aliphatic carboxylic acids is 1. The van der Waals surface area contributed by atoms with Crippen LogP contribution in [0.2, 0.25) is 0 Å². The van der Waals surface area contributed by atoms with Gasteiger partial charge in [0.1, 0.15) is 5.75 Å². The highest BCUT2D eigenvalue weighted by molar-refractivity contribution is 5.87. The maximum absolute atomic E-state index is 11.5. The third kappa shape index (κ3) is 12.5. The fraction of sp³-hybridized carbons (Fsp3) is 0.217. The molecule has 0 aliphatic heterocycles. The summed E-state index contributed by atoms with van der Waals surface area (Å²) in [5, 5.41) is 17.7. The van der Waals surface area contributed by atoms with Crippen molar-refractivity contribution < 1.29 is 24.5 Å². The number of hydrogen-bond acceptors (Lipinski definition) is 4. The van der Waals surface area contributed by atoms with Crippen molar-refractivity contribution in [2.24, 2.45) is 0 Å². The van der Waals surface area contributed by atoms with E-state index >= 15 is 0 Å². The molecule has 0 atom stereocenters. The van der Waals surface area contributed by atoms with Gasteiger partial charge in [0.25, 0.3) is 0 Å². The number of carboxylic acid groups (broad SMARTS) is 1. The van der Waals surface area contributed by atoms with Gasteiger partial charge in [-0.05, 0) is 66.2 Å². The molecule has 142 valence electrons. The van der Waals surface area contributed by atoms with Gasteiger partial charge in [0, 0.05) is 18.9 Å². The van der Waals surface area contributed by atoms with Crippen LogP contribution in [0.1, 0.15) is 31.2 Å². The number of rotatable bonds is 8. The van der Waals surface area contributed by atoms with Crippen LogP contribution in [-0.2, 0) is 14.3 Å². The second-order valence-corrected chi connectivity index (χ2v) is 5.35. The number of allylic oxidation sites excluding steroid dienone is 2. The highest BCUT2D eigenvalue weighted by Gasteiger charge is 1.95. The second-order valence-electron chi connectivity index (χ2n) is 5.35. The highest BCUT2D eigenvalue weighted by Crippen LogP contribution is 2.10. The zero-order valence-electron chi connectivity index (χ0n) is 15.3. The quantitative estimate of drug-likeness (QED) is 0.239. The van der Waals surface area contributed by atoms with Crippen LogP contribution in [0.3, 0.4) is 0 Å². The van der Waals surface area contributed by atoms with Crippen molar-refractivity contribution in [3.8, 4) is 41.3 Å². The molecule has 0 aliphatic carbocycles. The molecule has 0 spiro atoms. The smallest absolute Gasteiger partial charge is 0.331 e. The molecule has 5 heteroatoms. The van der Waals surface area contributed by atoms with Crippen LogP contribution >= 0.6 is 0 Å². The van der Waals surface area contributed by atoms with Gasteiger partial charge in [0.05, 0.1) is 0 Å². The first-order valence-electron chi connectivity index (χ1n) is 8.54. The lowest BCUT2D eigenvalue weighted by molar-refractivity contribution is -0.137. The number of hydrogen-bond donors (Lipinski definition) is 2. The van der Waals surface area contributed by atoms with E-state index in [1.807, 2.05) is 12.2 Å². The maximum Gasteiger partial charge on any atom is 0.331 e. The number of benzene rings is 1. The molecule has 0 bridgehead atoms. The van der Waals surface area contributed by atoms with Crippen molar-refractivity contribution in [3.05, 3.63) is 48.1 Å². The first-order chi connectivity index (χ1) is 13.6. The van der Waals surface area contributed by atoms with Crippen LogP contribution in [0.15, 0.2) is 42.5 Å². The van der Waals surface area contributed by atoms with Gasteiger partial charge in [-0.1, -0.05) is 30.2 Å². The van der Waals surface area contributed by atoms with E-state index in [4.69, 9.17) is 14.9 Å². The van der Waals surface area contributed by atoms with Gasteiger partial charge in [-0.15, -0.1) is 0 Å². The minimum atomic E-state index is -0.787. The normalized spacial score (nSPS) is 9.57. The number of phenolic OH excluding ortho intramolecular Hbond substituents is 1. The molecule has 1 rings (SSSR count). The van der Waals surface area contributed by atoms with E-state index in [2.05, 4.69) is 35.5 Å². The van der Waals surface area contributed by atoms with Crippen molar-refractivity contribution in [1.82, 2.24) is 0 Å². The van der Waals surface area contributed by atoms with Crippen LogP contribution in [0.25, 0.3) is 6.08 Å². The van der Waals surface area contributed by atoms with Gasteiger partial charge in [-0.25, -0.2) is 4.79 Å². The summed E-state index contributed by atoms with van der Waals surface area (Å²) >= 11 is 0. The molecule has 0 saturated carbocycles. The molecule has 2 N–H and O–H groups in total. The monoisotopic (exact) mass is 376 g/mol. The number of phenols is 1. The molecule has 1 aromatic rings. The summed E-state index contributed by atoms with van der Waals surface area (Å²) in [6.07, 6.45) is 8.67. The lowest BCUT2D eigenvalue weighted by atomic mass is 10.2. The first-order valence-corrected chi connectivity index (χ1v) is 8.54. The molecule has 28 heavy (non-hydrogen) atoms. The van der Waals surface area contributed by atoms with Crippen molar-refractivity contribution in [2.45, 2.75) is 25.7 Å². The van der Waals surface area contributed by atoms with Gasteiger partial charge in [0.15, 0.2) is 6.61 Å². The van der Waals surface area contributed by atoms with Crippen molar-refractivity contribution in [1.29, 1.82) is 0 Å². The van der Waals surface area contributed by atoms with Crippen molar-refractivity contribution in [3.63, 3.8) is 0 Å². The molecular formula is C23H20O5. The van der Waals surface area contributed by atoms with E-state index in [1.165, 1.54) is 18.2 Å². The topological polar surface area (TPSA) is 83.8 Å². The van der Waals surface area contributed by atoms with Gasteiger partial charge in [0.2, 0.25) is 0 Å². The van der Waals surface area contributed by atoms with E-state index in [0.29, 0.717) is 19.3 Å². The Morgan fingerprint density at radius 2 is 1.71 bits per heavy atom. The van der Waals surface area contributed by atoms with Gasteiger partial charge < -0.3 is 14.9 Å². The third-order valence-electron chi connectivity index (χ3n) is 3.10. The zero-order valence-corrected chi connectivity index (χ0v) is 15.3. The predicted molar refractivity (Wildman–Crippen MR) is 107 cm³/mol. The minimum absolute atomic E-state index is 0.0695. The number of carbonyl (C=O) groups is 2. The van der Waals surface area contributed by atoms with Crippen LogP contribution in [0.4, 0.5) is 0 Å². The standard InChI is InChI=1S/C23H20O5/c24-21-16-13-20(14-17-21)15-18-23(27)28-19-11-9-7-5-3-1-2-4-6-8-10-12-22(25)26/h4,6,13-18,24H,2,8,10,12,19H2,(H,25,26)/b6-4-,18-15+. The van der Waals surface area contributed by atoms with E-state index in [1.54, 1.807) is 18.2 Å². The molecular weight excluding hydrogens is 356 g/mol. The maximum atomic E-state index is 11.5. The summed E-state index contributed by atoms with van der Waals surface area (Å²) in [5.41, 5.74) is 0.764. The summed E-state index contributed by atoms with van der Waals surface area (Å²) in [6.45, 7) is -0.0695. The van der Waals surface area contributed by atoms with Crippen LogP contribution in [0.5, 0.6) is 5.75 Å². The molecule has 1 aromatic carbocycles. The van der Waals surface area contributed by atoms with Crippen LogP contribution in [0, 0.1) is 35.5 Å². The lowest BCUT2D eigenvalue weighted by Gasteiger charge is -1.95. The molecule has 0 amide bonds. The molecule has 0 heterocycles. The van der Waals surface area contributed by atoms with Crippen molar-refractivity contribution >= 4 is 18.0 Å². The molecule has 0 radical (unpaired) electrons. The van der Waals surface area contributed by atoms with E-state index in [9.17, 15) is 9.59 Å². The molecule has 0 aliphatic rings. The lowest BCUT2D eigenvalue weighted by Crippen LogP contribution is -2.00. The van der Waals surface area contributed by atoms with E-state index in [-0.39, 0.29) is 18.8 Å². The summed E-state index contributed by atoms with van der Waals surface area (Å²) in [5.74, 6) is 14.5. The number of unbranched alkanes of at least 4 members (excludes halogenated alkanes) is 1.